The monoisotopic (exact) mass is 429 g/mol. The van der Waals surface area contributed by atoms with Crippen molar-refractivity contribution in [3.8, 4) is 11.4 Å². The van der Waals surface area contributed by atoms with Gasteiger partial charge in [-0.15, -0.1) is 0 Å². The number of aromatic nitrogens is 5. The number of hydrogen-bond donors (Lipinski definition) is 0. The second-order valence-electron chi connectivity index (χ2n) is 7.45. The lowest BCUT2D eigenvalue weighted by Gasteiger charge is -2.12. The van der Waals surface area contributed by atoms with Crippen LogP contribution in [0, 0.1) is 0 Å². The van der Waals surface area contributed by atoms with Gasteiger partial charge in [-0.2, -0.15) is 0 Å². The van der Waals surface area contributed by atoms with Crippen molar-refractivity contribution in [2.45, 2.75) is 19.9 Å². The predicted molar refractivity (Wildman–Crippen MR) is 124 cm³/mol. The number of nitrogens with zero attached hydrogens (tertiary/aromatic N) is 5. The Morgan fingerprint density at radius 3 is 2.44 bits per heavy atom. The van der Waals surface area contributed by atoms with Crippen LogP contribution in [-0.2, 0) is 17.7 Å². The van der Waals surface area contributed by atoms with Crippen LogP contribution in [0.2, 0.25) is 0 Å². The second-order valence-corrected chi connectivity index (χ2v) is 7.45. The third kappa shape index (κ3) is 3.11. The molecule has 0 N–H and O–H groups in total. The molecule has 0 unspecified atom stereocenters. The standard InChI is InChI=1S/C24H23N5O3/c1-4-19-27-22-20(24(30)28(19)12-13-31-2)21-23(26-18-11-6-5-10-17(18)25-21)29(22)15-8-7-9-16(14-15)32-3/h5-11,14H,4,12-13H2,1-3H3. The van der Waals surface area contributed by atoms with E-state index in [-0.39, 0.29) is 5.56 Å². The molecule has 162 valence electrons. The highest BCUT2D eigenvalue weighted by Gasteiger charge is 2.22. The van der Waals surface area contributed by atoms with Crippen molar-refractivity contribution in [1.29, 1.82) is 0 Å². The van der Waals surface area contributed by atoms with Gasteiger partial charge in [-0.3, -0.25) is 13.9 Å². The van der Waals surface area contributed by atoms with Gasteiger partial charge < -0.3 is 9.47 Å². The summed E-state index contributed by atoms with van der Waals surface area (Å²) in [6.45, 7) is 2.83. The molecule has 0 amide bonds. The van der Waals surface area contributed by atoms with Crippen molar-refractivity contribution >= 4 is 33.2 Å². The molecular formula is C24H23N5O3. The van der Waals surface area contributed by atoms with Gasteiger partial charge in [0.15, 0.2) is 11.3 Å². The molecule has 8 heteroatoms. The molecule has 0 saturated carbocycles. The summed E-state index contributed by atoms with van der Waals surface area (Å²) in [5.41, 5.74) is 3.81. The molecule has 32 heavy (non-hydrogen) atoms. The molecule has 0 aliphatic rings. The summed E-state index contributed by atoms with van der Waals surface area (Å²) in [5.74, 6) is 1.39. The van der Waals surface area contributed by atoms with Crippen LogP contribution >= 0.6 is 0 Å². The van der Waals surface area contributed by atoms with Crippen molar-refractivity contribution in [3.05, 3.63) is 64.7 Å². The third-order valence-corrected chi connectivity index (χ3v) is 5.59. The van der Waals surface area contributed by atoms with E-state index in [0.29, 0.717) is 53.3 Å². The fraction of sp³-hybridized carbons (Fsp3) is 0.250. The molecule has 0 atom stereocenters. The number of fused-ring (bicyclic) bond motifs is 4. The fourth-order valence-electron chi connectivity index (χ4n) is 4.05. The molecule has 0 aliphatic heterocycles. The van der Waals surface area contributed by atoms with E-state index < -0.39 is 0 Å². The van der Waals surface area contributed by atoms with Gasteiger partial charge in [0, 0.05) is 19.6 Å². The Balaban J connectivity index is 1.96. The Kier molecular flexibility index (Phi) is 5.07. The molecule has 0 saturated heterocycles. The molecule has 0 aliphatic carbocycles. The third-order valence-electron chi connectivity index (χ3n) is 5.59. The summed E-state index contributed by atoms with van der Waals surface area (Å²) < 4.78 is 14.2. The number of hydrogen-bond acceptors (Lipinski definition) is 6. The Morgan fingerprint density at radius 2 is 1.72 bits per heavy atom. The van der Waals surface area contributed by atoms with Crippen molar-refractivity contribution in [2.24, 2.45) is 0 Å². The van der Waals surface area contributed by atoms with E-state index in [1.807, 2.05) is 60.0 Å². The SMILES string of the molecule is CCc1nc2c(c(=O)n1CCOC)c1nc3ccccc3nc1n2-c1cccc(OC)c1. The highest BCUT2D eigenvalue weighted by atomic mass is 16.5. The van der Waals surface area contributed by atoms with Crippen molar-refractivity contribution in [2.75, 3.05) is 20.8 Å². The van der Waals surface area contributed by atoms with Crippen LogP contribution in [0.15, 0.2) is 53.3 Å². The maximum absolute atomic E-state index is 13.7. The second kappa shape index (κ2) is 8.05. The zero-order valence-electron chi connectivity index (χ0n) is 18.2. The maximum atomic E-state index is 13.7. The number of aryl methyl sites for hydroxylation is 1. The zero-order valence-corrected chi connectivity index (χ0v) is 18.2. The summed E-state index contributed by atoms with van der Waals surface area (Å²) in [5, 5.41) is 0.453. The maximum Gasteiger partial charge on any atom is 0.265 e. The normalized spacial score (nSPS) is 11.6. The topological polar surface area (TPSA) is 84.1 Å². The van der Waals surface area contributed by atoms with Gasteiger partial charge in [0.2, 0.25) is 0 Å². The number of methoxy groups -OCH3 is 2. The summed E-state index contributed by atoms with van der Waals surface area (Å²) in [6.07, 6.45) is 0.608. The summed E-state index contributed by atoms with van der Waals surface area (Å²) in [7, 11) is 3.25. The lowest BCUT2D eigenvalue weighted by Crippen LogP contribution is -2.27. The summed E-state index contributed by atoms with van der Waals surface area (Å²) in [4.78, 5) is 28.3. The minimum Gasteiger partial charge on any atom is -0.497 e. The van der Waals surface area contributed by atoms with Crippen LogP contribution in [-0.4, -0.2) is 44.9 Å². The predicted octanol–water partition coefficient (Wildman–Crippen LogP) is 3.50. The number of para-hydroxylation sites is 2. The lowest BCUT2D eigenvalue weighted by atomic mass is 10.3. The van der Waals surface area contributed by atoms with E-state index in [4.69, 9.17) is 24.4 Å². The highest BCUT2D eigenvalue weighted by Crippen LogP contribution is 2.30. The van der Waals surface area contributed by atoms with Gasteiger partial charge >= 0.3 is 0 Å². The average molecular weight is 429 g/mol. The Bertz CT molecular complexity index is 1520. The van der Waals surface area contributed by atoms with E-state index >= 15 is 0 Å². The first-order valence-electron chi connectivity index (χ1n) is 10.5. The molecule has 3 heterocycles. The molecule has 8 nitrogen and oxygen atoms in total. The van der Waals surface area contributed by atoms with Gasteiger partial charge in [-0.1, -0.05) is 25.1 Å². The van der Waals surface area contributed by atoms with E-state index in [1.54, 1.807) is 18.8 Å². The van der Waals surface area contributed by atoms with Crippen LogP contribution in [0.3, 0.4) is 0 Å². The number of rotatable bonds is 6. The molecule has 2 aromatic carbocycles. The molecule has 0 radical (unpaired) electrons. The molecule has 0 spiro atoms. The molecule has 5 rings (SSSR count). The van der Waals surface area contributed by atoms with Crippen molar-refractivity contribution < 1.29 is 9.47 Å². The van der Waals surface area contributed by atoms with Gasteiger partial charge in [0.25, 0.3) is 5.56 Å². The van der Waals surface area contributed by atoms with E-state index in [1.165, 1.54) is 0 Å². The minimum atomic E-state index is -0.139. The smallest absolute Gasteiger partial charge is 0.265 e. The molecule has 0 bridgehead atoms. The first-order chi connectivity index (χ1) is 15.7. The summed E-state index contributed by atoms with van der Waals surface area (Å²) in [6, 6.07) is 15.3. The summed E-state index contributed by atoms with van der Waals surface area (Å²) >= 11 is 0. The lowest BCUT2D eigenvalue weighted by molar-refractivity contribution is 0.185. The van der Waals surface area contributed by atoms with Crippen molar-refractivity contribution in [1.82, 2.24) is 24.1 Å². The van der Waals surface area contributed by atoms with Gasteiger partial charge in [0.05, 0.1) is 37.0 Å². The Morgan fingerprint density at radius 1 is 0.938 bits per heavy atom. The van der Waals surface area contributed by atoms with Crippen LogP contribution in [0.5, 0.6) is 5.75 Å². The van der Waals surface area contributed by atoms with Crippen LogP contribution in [0.1, 0.15) is 12.7 Å². The quantitative estimate of drug-likeness (QED) is 0.411. The van der Waals surface area contributed by atoms with Gasteiger partial charge in [-0.05, 0) is 24.3 Å². The van der Waals surface area contributed by atoms with E-state index in [2.05, 4.69) is 0 Å². The number of benzene rings is 2. The highest BCUT2D eigenvalue weighted by molar-refractivity contribution is 6.05. The fourth-order valence-corrected chi connectivity index (χ4v) is 4.05. The molecule has 0 fully saturated rings. The molecule has 5 aromatic rings. The number of ether oxygens (including phenoxy) is 2. The van der Waals surface area contributed by atoms with Crippen LogP contribution < -0.4 is 10.3 Å². The van der Waals surface area contributed by atoms with E-state index in [0.717, 1.165) is 16.7 Å². The average Bonchev–Trinajstić information content (AvgIpc) is 3.14. The van der Waals surface area contributed by atoms with Crippen molar-refractivity contribution in [3.63, 3.8) is 0 Å². The first-order valence-corrected chi connectivity index (χ1v) is 10.5. The molecule has 3 aromatic heterocycles. The largest absolute Gasteiger partial charge is 0.497 e. The first kappa shape index (κ1) is 20.1. The Labute approximate surface area is 184 Å². The van der Waals surface area contributed by atoms with E-state index in [9.17, 15) is 4.79 Å². The van der Waals surface area contributed by atoms with Gasteiger partial charge in [-0.25, -0.2) is 15.0 Å². The zero-order chi connectivity index (χ0) is 22.2. The minimum absolute atomic E-state index is 0.139. The Hall–Kier alpha value is -3.78. The van der Waals surface area contributed by atoms with Gasteiger partial charge in [0.1, 0.15) is 22.5 Å². The van der Waals surface area contributed by atoms with Crippen LogP contribution in [0.4, 0.5) is 0 Å². The van der Waals surface area contributed by atoms with Crippen LogP contribution in [0.25, 0.3) is 38.9 Å². The molecular weight excluding hydrogens is 406 g/mol.